The van der Waals surface area contributed by atoms with Gasteiger partial charge in [0.05, 0.1) is 6.16 Å². The number of benzene rings is 1. The zero-order valence-corrected chi connectivity index (χ0v) is 10.4. The normalized spacial score (nSPS) is 11.7. The van der Waals surface area contributed by atoms with Crippen LogP contribution in [-0.4, -0.2) is 0 Å². The molecule has 0 aliphatic carbocycles. The highest BCUT2D eigenvalue weighted by atomic mass is 79.9. The third kappa shape index (κ3) is 3.50. The molecule has 0 N–H and O–H groups in total. The molecule has 1 aromatic carbocycles. The van der Waals surface area contributed by atoms with Crippen LogP contribution in [0.5, 0.6) is 0 Å². The molecule has 0 unspecified atom stereocenters. The monoisotopic (exact) mass is 320 g/mol. The highest BCUT2D eigenvalue weighted by Gasteiger charge is 2.28. The van der Waals surface area contributed by atoms with Crippen molar-refractivity contribution in [2.24, 2.45) is 0 Å². The second kappa shape index (κ2) is 5.37. The van der Waals surface area contributed by atoms with Crippen molar-refractivity contribution in [1.29, 1.82) is 0 Å². The van der Waals surface area contributed by atoms with Crippen LogP contribution in [0.4, 0.5) is 9.05 Å². The van der Waals surface area contributed by atoms with Crippen LogP contribution in [0.2, 0.25) is 5.02 Å². The second-order valence-corrected chi connectivity index (χ2v) is 5.75. The third-order valence-corrected chi connectivity index (χ3v) is 3.71. The van der Waals surface area contributed by atoms with Crippen LogP contribution in [0, 0.1) is 0 Å². The van der Waals surface area contributed by atoms with Gasteiger partial charge in [0.25, 0.3) is 0 Å². The number of hydrogen-bond acceptors (Lipinski definition) is 3. The average molecular weight is 321 g/mol. The molecule has 0 aliphatic heterocycles. The first-order chi connectivity index (χ1) is 7.00. The molecule has 0 fully saturated rings. The lowest BCUT2D eigenvalue weighted by Gasteiger charge is -2.08. The van der Waals surface area contributed by atoms with Crippen molar-refractivity contribution in [2.45, 2.75) is 6.16 Å². The SMILES string of the molecule is O=P(Cc1ccc(Cl)cc1Br)(OF)OF. The van der Waals surface area contributed by atoms with E-state index in [-0.39, 0.29) is 0 Å². The molecule has 84 valence electrons. The Morgan fingerprint density at radius 2 is 2.00 bits per heavy atom. The van der Waals surface area contributed by atoms with Crippen molar-refractivity contribution in [3.8, 4) is 0 Å². The minimum atomic E-state index is -4.35. The molecule has 0 heterocycles. The maximum Gasteiger partial charge on any atom is 0.399 e. The van der Waals surface area contributed by atoms with E-state index in [1.807, 2.05) is 0 Å². The molecule has 0 amide bonds. The number of rotatable bonds is 4. The molecule has 0 saturated heterocycles. The summed E-state index contributed by atoms with van der Waals surface area (Å²) in [4.78, 5) is 0. The van der Waals surface area contributed by atoms with Crippen molar-refractivity contribution >= 4 is 35.1 Å². The average Bonchev–Trinajstić information content (AvgIpc) is 2.22. The number of halogens is 4. The highest BCUT2D eigenvalue weighted by Crippen LogP contribution is 2.53. The van der Waals surface area contributed by atoms with Crippen molar-refractivity contribution in [3.63, 3.8) is 0 Å². The Bertz CT molecular complexity index is 396. The van der Waals surface area contributed by atoms with Gasteiger partial charge in [0.15, 0.2) is 0 Å². The lowest BCUT2D eigenvalue weighted by molar-refractivity contribution is -0.0881. The summed E-state index contributed by atoms with van der Waals surface area (Å²) in [5.41, 5.74) is 0.359. The Morgan fingerprint density at radius 1 is 1.40 bits per heavy atom. The first-order valence-corrected chi connectivity index (χ1v) is 6.54. The summed E-state index contributed by atoms with van der Waals surface area (Å²) in [5, 5.41) is 0.433. The van der Waals surface area contributed by atoms with Gasteiger partial charge < -0.3 is 0 Å². The van der Waals surface area contributed by atoms with Gasteiger partial charge in [-0.25, -0.2) is 0 Å². The van der Waals surface area contributed by atoms with Gasteiger partial charge in [-0.15, -0.1) is 9.46 Å². The van der Waals surface area contributed by atoms with Gasteiger partial charge in [-0.05, 0) is 26.7 Å². The van der Waals surface area contributed by atoms with Crippen LogP contribution in [0.25, 0.3) is 0 Å². The van der Waals surface area contributed by atoms with E-state index < -0.39 is 13.8 Å². The second-order valence-electron chi connectivity index (χ2n) is 2.64. The minimum Gasteiger partial charge on any atom is -0.254 e. The first kappa shape index (κ1) is 13.1. The number of hydrogen-bond donors (Lipinski definition) is 0. The fraction of sp³-hybridized carbons (Fsp3) is 0.143. The van der Waals surface area contributed by atoms with Crippen molar-refractivity contribution in [3.05, 3.63) is 33.3 Å². The first-order valence-electron chi connectivity index (χ1n) is 3.64. The fourth-order valence-electron chi connectivity index (χ4n) is 0.918. The van der Waals surface area contributed by atoms with E-state index in [0.29, 0.717) is 15.1 Å². The van der Waals surface area contributed by atoms with E-state index in [9.17, 15) is 13.6 Å². The molecule has 0 saturated carbocycles. The maximum absolute atomic E-state index is 11.8. The summed E-state index contributed by atoms with van der Waals surface area (Å²) in [7, 11) is -4.35. The highest BCUT2D eigenvalue weighted by molar-refractivity contribution is 9.10. The molecule has 15 heavy (non-hydrogen) atoms. The summed E-state index contributed by atoms with van der Waals surface area (Å²) in [5.74, 6) is 0. The molecule has 8 heteroatoms. The summed E-state index contributed by atoms with van der Waals surface area (Å²) in [6.07, 6.45) is -0.530. The maximum atomic E-state index is 11.8. The Morgan fingerprint density at radius 3 is 2.47 bits per heavy atom. The van der Waals surface area contributed by atoms with E-state index in [2.05, 4.69) is 25.4 Å². The van der Waals surface area contributed by atoms with Gasteiger partial charge in [-0.1, -0.05) is 33.6 Å². The van der Waals surface area contributed by atoms with Crippen molar-refractivity contribution in [1.82, 2.24) is 0 Å². The van der Waals surface area contributed by atoms with Gasteiger partial charge in [0, 0.05) is 9.50 Å². The molecule has 3 nitrogen and oxygen atoms in total. The van der Waals surface area contributed by atoms with Gasteiger partial charge in [-0.3, -0.25) is 4.57 Å². The zero-order chi connectivity index (χ0) is 11.5. The Kier molecular flexibility index (Phi) is 4.67. The summed E-state index contributed by atoms with van der Waals surface area (Å²) < 4.78 is 41.1. The molecule has 0 atom stereocenters. The van der Waals surface area contributed by atoms with Crippen LogP contribution >= 0.6 is 35.1 Å². The summed E-state index contributed by atoms with van der Waals surface area (Å²) >= 11 is 8.74. The van der Waals surface area contributed by atoms with E-state index in [1.54, 1.807) is 0 Å². The molecular weight excluding hydrogens is 316 g/mol. The van der Waals surface area contributed by atoms with E-state index >= 15 is 0 Å². The quantitative estimate of drug-likeness (QED) is 0.760. The lowest BCUT2D eigenvalue weighted by Crippen LogP contribution is -1.91. The van der Waals surface area contributed by atoms with Crippen LogP contribution in [0.1, 0.15) is 5.56 Å². The molecule has 0 aliphatic rings. The Balaban J connectivity index is 2.94. The molecule has 0 bridgehead atoms. The summed E-state index contributed by atoms with van der Waals surface area (Å²) in [6.45, 7) is 0. The van der Waals surface area contributed by atoms with E-state index in [1.165, 1.54) is 18.2 Å². The summed E-state index contributed by atoms with van der Waals surface area (Å²) in [6, 6.07) is 4.44. The lowest BCUT2D eigenvalue weighted by atomic mass is 10.2. The molecular formula is C7H5BrClF2O3P. The Hall–Kier alpha value is -0.000000000000000111. The smallest absolute Gasteiger partial charge is 0.254 e. The van der Waals surface area contributed by atoms with Crippen LogP contribution < -0.4 is 0 Å². The Labute approximate surface area is 97.8 Å². The predicted molar refractivity (Wildman–Crippen MR) is 54.8 cm³/mol. The minimum absolute atomic E-state index is 0.359. The molecule has 0 aromatic heterocycles. The van der Waals surface area contributed by atoms with Gasteiger partial charge in [0.1, 0.15) is 0 Å². The largest absolute Gasteiger partial charge is 0.399 e. The fourth-order valence-corrected chi connectivity index (χ4v) is 2.77. The van der Waals surface area contributed by atoms with E-state index in [4.69, 9.17) is 11.6 Å². The standard InChI is InChI=1S/C7H5BrClF2O3P/c8-7-3-6(9)2-1-5(7)4-15(12,13-10)14-11/h1-3H,4H2. The zero-order valence-electron chi connectivity index (χ0n) is 7.12. The van der Waals surface area contributed by atoms with Crippen molar-refractivity contribution < 1.29 is 23.1 Å². The van der Waals surface area contributed by atoms with Gasteiger partial charge in [-0.2, -0.15) is 0 Å². The van der Waals surface area contributed by atoms with E-state index in [0.717, 1.165) is 0 Å². The van der Waals surface area contributed by atoms with Gasteiger partial charge in [0.2, 0.25) is 0 Å². The topological polar surface area (TPSA) is 35.5 Å². The predicted octanol–water partition coefficient (Wildman–Crippen LogP) is 4.60. The molecule has 0 spiro atoms. The van der Waals surface area contributed by atoms with Gasteiger partial charge >= 0.3 is 7.60 Å². The van der Waals surface area contributed by atoms with Crippen LogP contribution in [0.3, 0.4) is 0 Å². The molecule has 1 rings (SSSR count). The van der Waals surface area contributed by atoms with Crippen LogP contribution in [0.15, 0.2) is 22.7 Å². The molecule has 1 aromatic rings. The molecule has 0 radical (unpaired) electrons. The van der Waals surface area contributed by atoms with Crippen LogP contribution in [-0.2, 0) is 20.2 Å². The van der Waals surface area contributed by atoms with Crippen molar-refractivity contribution in [2.75, 3.05) is 0 Å². The third-order valence-electron chi connectivity index (χ3n) is 1.59.